The van der Waals surface area contributed by atoms with Crippen LogP contribution in [0.3, 0.4) is 0 Å². The van der Waals surface area contributed by atoms with Gasteiger partial charge in [-0.2, -0.15) is 13.2 Å². The Bertz CT molecular complexity index is 1130. The van der Waals surface area contributed by atoms with Crippen LogP contribution in [0.4, 0.5) is 22.0 Å². The van der Waals surface area contributed by atoms with Crippen LogP contribution in [0.25, 0.3) is 17.2 Å². The van der Waals surface area contributed by atoms with Crippen LogP contribution >= 0.6 is 35.3 Å². The van der Waals surface area contributed by atoms with Crippen molar-refractivity contribution in [1.82, 2.24) is 4.90 Å². The Hall–Kier alpha value is -2.31. The van der Waals surface area contributed by atoms with Crippen LogP contribution in [0.2, 0.25) is 0 Å². The quantitative estimate of drug-likeness (QED) is 0.185. The molecule has 2 heterocycles. The average molecular weight is 522 g/mol. The minimum atomic E-state index is -4.73. The minimum absolute atomic E-state index is 0.0263. The Morgan fingerprint density at radius 1 is 1.12 bits per heavy atom. The second kappa shape index (κ2) is 10.3. The monoisotopic (exact) mass is 521 g/mol. The standard InChI is InChI=1S/C21H16F5NO3S3/c22-14-6-5-11(8-15(14)23)13-9-12(32-18(13)21(24,25)26)10-16-19(30)27(20(31)33-16)7-3-1-2-4-17(28)29/h5-6,8-10H,1-4,7H2,(H,28,29). The molecule has 0 atom stereocenters. The summed E-state index contributed by atoms with van der Waals surface area (Å²) in [5.74, 6) is -3.79. The lowest BCUT2D eigenvalue weighted by Crippen LogP contribution is -2.29. The first-order valence-corrected chi connectivity index (χ1v) is 11.6. The van der Waals surface area contributed by atoms with Crippen molar-refractivity contribution in [3.05, 3.63) is 50.6 Å². The van der Waals surface area contributed by atoms with Gasteiger partial charge in [-0.15, -0.1) is 11.3 Å². The second-order valence-corrected chi connectivity index (χ2v) is 9.82. The highest BCUT2D eigenvalue weighted by atomic mass is 32.2. The van der Waals surface area contributed by atoms with Gasteiger partial charge in [0.15, 0.2) is 11.6 Å². The maximum absolute atomic E-state index is 13.6. The van der Waals surface area contributed by atoms with Gasteiger partial charge in [0.05, 0.1) is 4.91 Å². The number of amides is 1. The van der Waals surface area contributed by atoms with Crippen molar-refractivity contribution in [3.63, 3.8) is 0 Å². The summed E-state index contributed by atoms with van der Waals surface area (Å²) < 4.78 is 67.8. The maximum Gasteiger partial charge on any atom is 0.426 e. The number of carboxylic acid groups (broad SMARTS) is 1. The molecule has 0 radical (unpaired) electrons. The second-order valence-electron chi connectivity index (χ2n) is 7.06. The Morgan fingerprint density at radius 2 is 1.85 bits per heavy atom. The number of rotatable bonds is 8. The normalized spacial score (nSPS) is 15.7. The van der Waals surface area contributed by atoms with Crippen molar-refractivity contribution in [2.75, 3.05) is 6.54 Å². The van der Waals surface area contributed by atoms with Crippen molar-refractivity contribution in [1.29, 1.82) is 0 Å². The number of alkyl halides is 3. The van der Waals surface area contributed by atoms with Gasteiger partial charge in [0.25, 0.3) is 5.91 Å². The zero-order chi connectivity index (χ0) is 24.3. The smallest absolute Gasteiger partial charge is 0.426 e. The van der Waals surface area contributed by atoms with E-state index in [4.69, 9.17) is 17.3 Å². The van der Waals surface area contributed by atoms with Crippen LogP contribution in [0.5, 0.6) is 0 Å². The van der Waals surface area contributed by atoms with E-state index in [1.807, 2.05) is 0 Å². The molecule has 0 unspecified atom stereocenters. The summed E-state index contributed by atoms with van der Waals surface area (Å²) in [5.41, 5.74) is -0.447. The summed E-state index contributed by atoms with van der Waals surface area (Å²) in [4.78, 5) is 23.8. The van der Waals surface area contributed by atoms with Crippen molar-refractivity contribution >= 4 is 57.6 Å². The number of unbranched alkanes of at least 4 members (excludes halogenated alkanes) is 2. The van der Waals surface area contributed by atoms with Crippen molar-refractivity contribution < 1.29 is 36.6 Å². The van der Waals surface area contributed by atoms with Crippen molar-refractivity contribution in [2.45, 2.75) is 31.9 Å². The molecule has 0 aliphatic carbocycles. The Morgan fingerprint density at radius 3 is 2.48 bits per heavy atom. The van der Waals surface area contributed by atoms with E-state index in [0.717, 1.165) is 23.9 Å². The summed E-state index contributed by atoms with van der Waals surface area (Å²) in [7, 11) is 0. The number of benzene rings is 1. The average Bonchev–Trinajstić information content (AvgIpc) is 3.26. The van der Waals surface area contributed by atoms with Gasteiger partial charge in [0, 0.05) is 23.4 Å². The van der Waals surface area contributed by atoms with Gasteiger partial charge < -0.3 is 5.11 Å². The number of halogens is 5. The zero-order valence-corrected chi connectivity index (χ0v) is 19.2. The number of aliphatic carboxylic acids is 1. The molecule has 0 bridgehead atoms. The number of carbonyl (C=O) groups excluding carboxylic acids is 1. The molecule has 176 valence electrons. The molecular formula is C21H16F5NO3S3. The lowest BCUT2D eigenvalue weighted by Gasteiger charge is -2.13. The third kappa shape index (κ3) is 6.18. The fraction of sp³-hybridized carbons (Fsp3) is 0.286. The molecule has 12 heteroatoms. The summed E-state index contributed by atoms with van der Waals surface area (Å²) >= 11 is 6.55. The lowest BCUT2D eigenvalue weighted by atomic mass is 10.1. The minimum Gasteiger partial charge on any atom is -0.481 e. The van der Waals surface area contributed by atoms with E-state index in [0.29, 0.717) is 36.7 Å². The van der Waals surface area contributed by atoms with E-state index >= 15 is 0 Å². The number of carbonyl (C=O) groups is 2. The van der Waals surface area contributed by atoms with Gasteiger partial charge in [0.1, 0.15) is 9.20 Å². The molecule has 1 aromatic carbocycles. The molecule has 1 aliphatic rings. The van der Waals surface area contributed by atoms with Crippen LogP contribution in [0, 0.1) is 11.6 Å². The first kappa shape index (κ1) is 25.3. The van der Waals surface area contributed by atoms with Crippen LogP contribution < -0.4 is 0 Å². The highest BCUT2D eigenvalue weighted by Crippen LogP contribution is 2.44. The van der Waals surface area contributed by atoms with E-state index in [1.54, 1.807) is 0 Å². The molecule has 1 fully saturated rings. The molecule has 4 nitrogen and oxygen atoms in total. The largest absolute Gasteiger partial charge is 0.481 e. The van der Waals surface area contributed by atoms with Gasteiger partial charge in [0.2, 0.25) is 0 Å². The molecule has 1 saturated heterocycles. The zero-order valence-electron chi connectivity index (χ0n) is 16.7. The third-order valence-electron chi connectivity index (χ3n) is 4.66. The molecule has 3 rings (SSSR count). The van der Waals surface area contributed by atoms with Gasteiger partial charge >= 0.3 is 12.1 Å². The summed E-state index contributed by atoms with van der Waals surface area (Å²) in [6.45, 7) is 0.278. The molecular weight excluding hydrogens is 505 g/mol. The number of thioether (sulfide) groups is 1. The first-order chi connectivity index (χ1) is 15.5. The number of thiophene rings is 1. The predicted molar refractivity (Wildman–Crippen MR) is 121 cm³/mol. The van der Waals surface area contributed by atoms with Crippen molar-refractivity contribution in [3.8, 4) is 11.1 Å². The Balaban J connectivity index is 1.82. The number of hydrogen-bond acceptors (Lipinski definition) is 5. The summed E-state index contributed by atoms with van der Waals surface area (Å²) in [6, 6.07) is 3.69. The topological polar surface area (TPSA) is 57.6 Å². The van der Waals surface area contributed by atoms with Crippen molar-refractivity contribution in [2.24, 2.45) is 0 Å². The van der Waals surface area contributed by atoms with Crippen LogP contribution in [-0.2, 0) is 15.8 Å². The molecule has 0 spiro atoms. The number of carboxylic acids is 1. The highest BCUT2D eigenvalue weighted by molar-refractivity contribution is 8.26. The van der Waals surface area contributed by atoms with E-state index in [9.17, 15) is 31.5 Å². The van der Waals surface area contributed by atoms with E-state index < -0.39 is 34.6 Å². The fourth-order valence-corrected chi connectivity index (χ4v) is 5.48. The van der Waals surface area contributed by atoms with Gasteiger partial charge in [-0.05, 0) is 42.7 Å². The number of hydrogen-bond donors (Lipinski definition) is 1. The number of thiocarbonyl (C=S) groups is 1. The lowest BCUT2D eigenvalue weighted by molar-refractivity contribution is -0.137. The van der Waals surface area contributed by atoms with Gasteiger partial charge in [-0.3, -0.25) is 14.5 Å². The fourth-order valence-electron chi connectivity index (χ4n) is 3.11. The highest BCUT2D eigenvalue weighted by Gasteiger charge is 2.37. The number of nitrogens with zero attached hydrogens (tertiary/aromatic N) is 1. The molecule has 33 heavy (non-hydrogen) atoms. The Kier molecular flexibility index (Phi) is 7.91. The summed E-state index contributed by atoms with van der Waals surface area (Å²) in [6.07, 6.45) is -1.83. The van der Waals surface area contributed by atoms with Crippen LogP contribution in [0.1, 0.15) is 35.4 Å². The van der Waals surface area contributed by atoms with E-state index in [2.05, 4.69) is 0 Å². The van der Waals surface area contributed by atoms with Crippen LogP contribution in [-0.4, -0.2) is 32.7 Å². The third-order valence-corrected chi connectivity index (χ3v) is 7.16. The van der Waals surface area contributed by atoms with Gasteiger partial charge in [-0.1, -0.05) is 36.5 Å². The van der Waals surface area contributed by atoms with E-state index in [-0.39, 0.29) is 38.2 Å². The molecule has 0 saturated carbocycles. The molecule has 1 aromatic heterocycles. The Labute approximate surface area is 199 Å². The van der Waals surface area contributed by atoms with E-state index in [1.165, 1.54) is 17.0 Å². The predicted octanol–water partition coefficient (Wildman–Crippen LogP) is 6.56. The SMILES string of the molecule is O=C(O)CCCCCN1C(=O)C(=Cc2cc(-c3ccc(F)c(F)c3)c(C(F)(F)F)s2)SC1=S. The molecule has 1 N–H and O–H groups in total. The maximum atomic E-state index is 13.6. The van der Waals surface area contributed by atoms with Gasteiger partial charge in [-0.25, -0.2) is 8.78 Å². The first-order valence-electron chi connectivity index (χ1n) is 9.61. The summed E-state index contributed by atoms with van der Waals surface area (Å²) in [5, 5.41) is 8.65. The molecule has 2 aromatic rings. The van der Waals surface area contributed by atoms with Crippen LogP contribution in [0.15, 0.2) is 29.2 Å². The molecule has 1 aliphatic heterocycles. The molecule has 1 amide bonds.